The summed E-state index contributed by atoms with van der Waals surface area (Å²) >= 11 is 1.55. The van der Waals surface area contributed by atoms with Crippen LogP contribution >= 0.6 is 11.8 Å². The van der Waals surface area contributed by atoms with Gasteiger partial charge in [0.2, 0.25) is 11.1 Å². The number of nitrogens with zero attached hydrogens (tertiary/aromatic N) is 3. The van der Waals surface area contributed by atoms with Crippen molar-refractivity contribution in [1.82, 2.24) is 14.8 Å². The second-order valence-electron chi connectivity index (χ2n) is 9.96. The van der Waals surface area contributed by atoms with E-state index < -0.39 is 6.04 Å². The number of hydrogen-bond donors (Lipinski definition) is 2. The van der Waals surface area contributed by atoms with Gasteiger partial charge in [0.25, 0.3) is 5.91 Å². The molecule has 2 N–H and O–H groups in total. The Morgan fingerprint density at radius 2 is 1.85 bits per heavy atom. The van der Waals surface area contributed by atoms with Crippen LogP contribution in [0.4, 0.5) is 11.6 Å². The van der Waals surface area contributed by atoms with E-state index in [2.05, 4.69) is 54.8 Å². The second-order valence-corrected chi connectivity index (χ2v) is 10.9. The van der Waals surface area contributed by atoms with E-state index in [0.29, 0.717) is 28.3 Å². The molecular formula is C31H33N5O2S. The van der Waals surface area contributed by atoms with Crippen LogP contribution < -0.4 is 15.4 Å². The second kappa shape index (κ2) is 11.4. The van der Waals surface area contributed by atoms with Crippen molar-refractivity contribution in [3.05, 3.63) is 106 Å². The molecule has 1 aromatic heterocycles. The fraction of sp³-hybridized carbons (Fsp3) is 0.258. The highest BCUT2D eigenvalue weighted by atomic mass is 32.2. The van der Waals surface area contributed by atoms with Crippen LogP contribution in [0.25, 0.3) is 0 Å². The van der Waals surface area contributed by atoms with Crippen LogP contribution in [0.2, 0.25) is 0 Å². The van der Waals surface area contributed by atoms with Crippen molar-refractivity contribution in [2.75, 3.05) is 17.7 Å². The van der Waals surface area contributed by atoms with Crippen LogP contribution in [-0.2, 0) is 10.5 Å². The number of anilines is 2. The lowest BCUT2D eigenvalue weighted by Gasteiger charge is -2.29. The minimum atomic E-state index is -0.426. The molecule has 0 unspecified atom stereocenters. The minimum absolute atomic E-state index is 0.168. The molecule has 0 bridgehead atoms. The number of nitrogens with one attached hydrogen (secondary N) is 2. The molecule has 0 radical (unpaired) electrons. The summed E-state index contributed by atoms with van der Waals surface area (Å²) in [5.41, 5.74) is 6.49. The first-order chi connectivity index (χ1) is 18.8. The minimum Gasteiger partial charge on any atom is -0.497 e. The number of aromatic nitrogens is 3. The molecule has 0 saturated heterocycles. The molecule has 1 aliphatic rings. The number of fused-ring (bicyclic) bond motifs is 1. The Kier molecular flexibility index (Phi) is 7.74. The number of benzene rings is 3. The molecule has 1 atom stereocenters. The lowest BCUT2D eigenvalue weighted by molar-refractivity contribution is -0.113. The zero-order valence-corrected chi connectivity index (χ0v) is 23.7. The maximum atomic E-state index is 13.8. The Morgan fingerprint density at radius 1 is 1.08 bits per heavy atom. The molecule has 1 aliphatic heterocycles. The van der Waals surface area contributed by atoms with Gasteiger partial charge in [-0.05, 0) is 60.2 Å². The van der Waals surface area contributed by atoms with Crippen molar-refractivity contribution in [1.29, 1.82) is 0 Å². The zero-order chi connectivity index (χ0) is 27.5. The number of para-hydroxylation sites is 1. The highest BCUT2D eigenvalue weighted by Crippen LogP contribution is 2.37. The summed E-state index contributed by atoms with van der Waals surface area (Å²) in [7, 11) is 1.67. The SMILES string of the molecule is COc1cccc(CSc2nc3n(n2)[C@@H](c2ccc(C(C)C)cc2)C(C(=O)Nc2ccccc2C)=C(C)N3)c1. The average Bonchev–Trinajstić information content (AvgIpc) is 3.34. The highest BCUT2D eigenvalue weighted by Gasteiger charge is 2.34. The van der Waals surface area contributed by atoms with E-state index in [1.165, 1.54) is 5.56 Å². The number of rotatable bonds is 8. The molecule has 4 aromatic rings. The molecule has 0 aliphatic carbocycles. The summed E-state index contributed by atoms with van der Waals surface area (Å²) in [5.74, 6) is 2.38. The largest absolute Gasteiger partial charge is 0.497 e. The van der Waals surface area contributed by atoms with Gasteiger partial charge in [0.05, 0.1) is 12.7 Å². The van der Waals surface area contributed by atoms with Gasteiger partial charge in [0.1, 0.15) is 11.8 Å². The lowest BCUT2D eigenvalue weighted by Crippen LogP contribution is -2.31. The number of carbonyl (C=O) groups excluding carboxylic acids is 1. The third-order valence-electron chi connectivity index (χ3n) is 6.89. The van der Waals surface area contributed by atoms with Crippen molar-refractivity contribution in [3.8, 4) is 5.75 Å². The van der Waals surface area contributed by atoms with E-state index in [9.17, 15) is 4.79 Å². The molecule has 0 spiro atoms. The number of aryl methyl sites for hydroxylation is 1. The summed E-state index contributed by atoms with van der Waals surface area (Å²) in [5, 5.41) is 12.0. The summed E-state index contributed by atoms with van der Waals surface area (Å²) in [6, 6.07) is 23.8. The Hall–Kier alpha value is -4.04. The number of ether oxygens (including phenoxy) is 1. The van der Waals surface area contributed by atoms with Gasteiger partial charge in [-0.25, -0.2) is 4.68 Å². The summed E-state index contributed by atoms with van der Waals surface area (Å²) in [4.78, 5) is 18.6. The molecule has 0 saturated carbocycles. The standard InChI is InChI=1S/C31H33N5O2S/c1-19(2)23-13-15-24(16-14-23)28-27(29(37)33-26-12-7-6-9-20(26)3)21(4)32-30-34-31(35-36(28)30)39-18-22-10-8-11-25(17-22)38-5/h6-17,19,28H,18H2,1-5H3,(H,33,37)(H,32,34,35)/t28-/m0/s1. The molecule has 0 fully saturated rings. The fourth-order valence-corrected chi connectivity index (χ4v) is 5.44. The van der Waals surface area contributed by atoms with Gasteiger partial charge in [0.15, 0.2) is 0 Å². The summed E-state index contributed by atoms with van der Waals surface area (Å²) in [6.07, 6.45) is 0. The number of carbonyl (C=O) groups is 1. The maximum absolute atomic E-state index is 13.8. The van der Waals surface area contributed by atoms with E-state index in [1.54, 1.807) is 18.9 Å². The predicted octanol–water partition coefficient (Wildman–Crippen LogP) is 6.94. The predicted molar refractivity (Wildman–Crippen MR) is 157 cm³/mol. The van der Waals surface area contributed by atoms with Gasteiger partial charge >= 0.3 is 0 Å². The lowest BCUT2D eigenvalue weighted by atomic mass is 9.92. The van der Waals surface area contributed by atoms with Crippen LogP contribution in [0.1, 0.15) is 55.0 Å². The van der Waals surface area contributed by atoms with E-state index >= 15 is 0 Å². The van der Waals surface area contributed by atoms with Crippen molar-refractivity contribution in [2.45, 2.75) is 50.6 Å². The van der Waals surface area contributed by atoms with E-state index in [0.717, 1.165) is 33.8 Å². The number of allylic oxidation sites excluding steroid dienone is 1. The van der Waals surface area contributed by atoms with Gasteiger partial charge in [-0.15, -0.1) is 5.10 Å². The third-order valence-corrected chi connectivity index (χ3v) is 7.80. The molecule has 2 heterocycles. The highest BCUT2D eigenvalue weighted by molar-refractivity contribution is 7.98. The molecule has 39 heavy (non-hydrogen) atoms. The molecule has 200 valence electrons. The fourth-order valence-electron chi connectivity index (χ4n) is 4.67. The number of hydrogen-bond acceptors (Lipinski definition) is 6. The van der Waals surface area contributed by atoms with Crippen molar-refractivity contribution in [3.63, 3.8) is 0 Å². The Balaban J connectivity index is 1.49. The molecule has 7 nitrogen and oxygen atoms in total. The molecule has 8 heteroatoms. The van der Waals surface area contributed by atoms with Crippen molar-refractivity contribution < 1.29 is 9.53 Å². The number of methoxy groups -OCH3 is 1. The normalized spacial score (nSPS) is 14.7. The van der Waals surface area contributed by atoms with Crippen LogP contribution in [0.3, 0.4) is 0 Å². The monoisotopic (exact) mass is 539 g/mol. The van der Waals surface area contributed by atoms with E-state index in [-0.39, 0.29) is 5.91 Å². The Morgan fingerprint density at radius 3 is 2.56 bits per heavy atom. The first-order valence-corrected chi connectivity index (χ1v) is 14.0. The quantitative estimate of drug-likeness (QED) is 0.236. The van der Waals surface area contributed by atoms with E-state index in [4.69, 9.17) is 14.8 Å². The van der Waals surface area contributed by atoms with Crippen LogP contribution in [0.5, 0.6) is 5.75 Å². The first-order valence-electron chi connectivity index (χ1n) is 13.0. The zero-order valence-electron chi connectivity index (χ0n) is 22.9. The van der Waals surface area contributed by atoms with Gasteiger partial charge in [-0.1, -0.05) is 80.2 Å². The van der Waals surface area contributed by atoms with Crippen molar-refractivity contribution >= 4 is 29.3 Å². The topological polar surface area (TPSA) is 81.1 Å². The molecule has 1 amide bonds. The number of amides is 1. The van der Waals surface area contributed by atoms with Gasteiger partial charge in [-0.3, -0.25) is 4.79 Å². The first kappa shape index (κ1) is 26.6. The van der Waals surface area contributed by atoms with Gasteiger partial charge in [0, 0.05) is 17.1 Å². The molecule has 5 rings (SSSR count). The molecular weight excluding hydrogens is 506 g/mol. The summed E-state index contributed by atoms with van der Waals surface area (Å²) < 4.78 is 7.19. The Labute approximate surface area is 233 Å². The van der Waals surface area contributed by atoms with Crippen molar-refractivity contribution in [2.24, 2.45) is 0 Å². The van der Waals surface area contributed by atoms with Crippen LogP contribution in [0.15, 0.2) is 89.2 Å². The Bertz CT molecular complexity index is 1520. The summed E-state index contributed by atoms with van der Waals surface area (Å²) in [6.45, 7) is 8.25. The van der Waals surface area contributed by atoms with E-state index in [1.807, 2.05) is 61.0 Å². The van der Waals surface area contributed by atoms with Crippen LogP contribution in [-0.4, -0.2) is 27.8 Å². The maximum Gasteiger partial charge on any atom is 0.255 e. The van der Waals surface area contributed by atoms with Gasteiger partial charge < -0.3 is 15.4 Å². The third kappa shape index (κ3) is 5.71. The smallest absolute Gasteiger partial charge is 0.255 e. The average molecular weight is 540 g/mol. The van der Waals surface area contributed by atoms with Crippen LogP contribution in [0, 0.1) is 6.92 Å². The number of thioether (sulfide) groups is 1. The van der Waals surface area contributed by atoms with Gasteiger partial charge in [-0.2, -0.15) is 4.98 Å². The molecule has 3 aromatic carbocycles.